The molecule has 0 bridgehead atoms. The lowest BCUT2D eigenvalue weighted by molar-refractivity contribution is 0.777. The Hall–Kier alpha value is -1.69. The first-order chi connectivity index (χ1) is 6.22. The van der Waals surface area contributed by atoms with Gasteiger partial charge in [-0.3, -0.25) is 9.48 Å². The number of H-pyrrole nitrogens is 1. The van der Waals surface area contributed by atoms with Gasteiger partial charge in [0, 0.05) is 7.05 Å². The van der Waals surface area contributed by atoms with E-state index in [0.717, 1.165) is 0 Å². The molecule has 0 aliphatic heterocycles. The Morgan fingerprint density at radius 2 is 2.46 bits per heavy atom. The highest BCUT2D eigenvalue weighted by atomic mass is 16.1. The number of rotatable bonds is 1. The molecule has 2 aromatic rings. The van der Waals surface area contributed by atoms with Gasteiger partial charge in [-0.25, -0.2) is 4.98 Å². The van der Waals surface area contributed by atoms with E-state index in [1.165, 1.54) is 6.20 Å². The van der Waals surface area contributed by atoms with Gasteiger partial charge in [-0.2, -0.15) is 5.10 Å². The van der Waals surface area contributed by atoms with E-state index in [0.29, 0.717) is 16.9 Å². The maximum Gasteiger partial charge on any atom is 0.262 e. The molecule has 0 fully saturated rings. The smallest absolute Gasteiger partial charge is 0.262 e. The minimum absolute atomic E-state index is 0.196. The number of fused-ring (bicyclic) bond motifs is 1. The Morgan fingerprint density at radius 3 is 3.15 bits per heavy atom. The summed E-state index contributed by atoms with van der Waals surface area (Å²) in [5, 5.41) is 4.41. The van der Waals surface area contributed by atoms with Crippen molar-refractivity contribution in [2.75, 3.05) is 0 Å². The van der Waals surface area contributed by atoms with Crippen LogP contribution in [-0.2, 0) is 13.6 Å². The van der Waals surface area contributed by atoms with E-state index >= 15 is 0 Å². The fraction of sp³-hybridized carbons (Fsp3) is 0.286. The van der Waals surface area contributed by atoms with Crippen molar-refractivity contribution in [1.82, 2.24) is 19.7 Å². The van der Waals surface area contributed by atoms with E-state index in [4.69, 9.17) is 5.73 Å². The van der Waals surface area contributed by atoms with Gasteiger partial charge in [-0.1, -0.05) is 0 Å². The zero-order valence-electron chi connectivity index (χ0n) is 7.11. The van der Waals surface area contributed by atoms with E-state index in [-0.39, 0.29) is 12.1 Å². The Labute approximate surface area is 73.4 Å². The minimum atomic E-state index is -0.196. The summed E-state index contributed by atoms with van der Waals surface area (Å²) >= 11 is 0. The molecule has 0 saturated heterocycles. The number of nitrogens with zero attached hydrogens (tertiary/aromatic N) is 3. The van der Waals surface area contributed by atoms with Crippen LogP contribution >= 0.6 is 0 Å². The average molecular weight is 179 g/mol. The first kappa shape index (κ1) is 7.93. The van der Waals surface area contributed by atoms with Gasteiger partial charge < -0.3 is 10.7 Å². The van der Waals surface area contributed by atoms with E-state index in [9.17, 15) is 4.79 Å². The molecule has 0 amide bonds. The number of hydrogen-bond donors (Lipinski definition) is 2. The molecular formula is C7H9N5O. The lowest BCUT2D eigenvalue weighted by atomic mass is 10.4. The zero-order chi connectivity index (χ0) is 9.42. The summed E-state index contributed by atoms with van der Waals surface area (Å²) in [6, 6.07) is 0. The third-order valence-electron chi connectivity index (χ3n) is 1.84. The van der Waals surface area contributed by atoms with Crippen LogP contribution in [0.25, 0.3) is 11.0 Å². The van der Waals surface area contributed by atoms with Gasteiger partial charge in [0.2, 0.25) is 0 Å². The van der Waals surface area contributed by atoms with Gasteiger partial charge in [0.1, 0.15) is 11.2 Å². The van der Waals surface area contributed by atoms with Crippen LogP contribution in [0.2, 0.25) is 0 Å². The topological polar surface area (TPSA) is 89.6 Å². The highest BCUT2D eigenvalue weighted by molar-refractivity contribution is 5.72. The van der Waals surface area contributed by atoms with Gasteiger partial charge in [0.25, 0.3) is 5.56 Å². The highest BCUT2D eigenvalue weighted by Crippen LogP contribution is 2.03. The number of aromatic amines is 1. The second-order valence-corrected chi connectivity index (χ2v) is 2.72. The molecule has 0 aromatic carbocycles. The van der Waals surface area contributed by atoms with Crippen LogP contribution in [0.15, 0.2) is 11.0 Å². The quantitative estimate of drug-likeness (QED) is 0.594. The predicted octanol–water partition coefficient (Wildman–Crippen LogP) is -0.885. The molecule has 0 aliphatic rings. The SMILES string of the molecule is Cn1ncc2c(=O)[nH]c(CN)nc21. The van der Waals surface area contributed by atoms with Crippen LogP contribution in [0.5, 0.6) is 0 Å². The third-order valence-corrected chi connectivity index (χ3v) is 1.84. The maximum absolute atomic E-state index is 11.4. The monoisotopic (exact) mass is 179 g/mol. The summed E-state index contributed by atoms with van der Waals surface area (Å²) in [4.78, 5) is 18.1. The van der Waals surface area contributed by atoms with Gasteiger partial charge in [0.05, 0.1) is 12.7 Å². The van der Waals surface area contributed by atoms with E-state index in [1.807, 2.05) is 0 Å². The Balaban J connectivity index is 2.88. The van der Waals surface area contributed by atoms with Crippen molar-refractivity contribution < 1.29 is 0 Å². The summed E-state index contributed by atoms with van der Waals surface area (Å²) in [6.45, 7) is 0.219. The molecule has 6 heteroatoms. The second kappa shape index (κ2) is 2.67. The van der Waals surface area contributed by atoms with Crippen LogP contribution < -0.4 is 11.3 Å². The van der Waals surface area contributed by atoms with E-state index in [1.54, 1.807) is 11.7 Å². The lowest BCUT2D eigenvalue weighted by Gasteiger charge is -1.96. The molecule has 13 heavy (non-hydrogen) atoms. The van der Waals surface area contributed by atoms with Crippen molar-refractivity contribution in [2.45, 2.75) is 6.54 Å². The molecule has 0 spiro atoms. The number of aryl methyl sites for hydroxylation is 1. The molecule has 6 nitrogen and oxygen atoms in total. The van der Waals surface area contributed by atoms with Gasteiger partial charge in [0.15, 0.2) is 5.65 Å². The van der Waals surface area contributed by atoms with Crippen LogP contribution in [0.1, 0.15) is 5.82 Å². The average Bonchev–Trinajstić information content (AvgIpc) is 2.48. The zero-order valence-corrected chi connectivity index (χ0v) is 7.11. The minimum Gasteiger partial charge on any atom is -0.324 e. The highest BCUT2D eigenvalue weighted by Gasteiger charge is 2.06. The molecule has 68 valence electrons. The normalized spacial score (nSPS) is 10.9. The molecule has 3 N–H and O–H groups in total. The number of aromatic nitrogens is 4. The summed E-state index contributed by atoms with van der Waals surface area (Å²) in [6.07, 6.45) is 1.49. The van der Waals surface area contributed by atoms with E-state index < -0.39 is 0 Å². The Morgan fingerprint density at radius 1 is 1.69 bits per heavy atom. The molecule has 2 heterocycles. The third kappa shape index (κ3) is 1.11. The Bertz CT molecular complexity index is 497. The Kier molecular flexibility index (Phi) is 1.63. The standard InChI is InChI=1S/C7H9N5O/c1-12-6-4(3-9-12)7(13)11-5(2-8)10-6/h3H,2,8H2,1H3,(H,10,11,13). The van der Waals surface area contributed by atoms with Crippen molar-refractivity contribution in [3.05, 3.63) is 22.4 Å². The molecule has 0 aliphatic carbocycles. The summed E-state index contributed by atoms with van der Waals surface area (Å²) in [7, 11) is 1.73. The summed E-state index contributed by atoms with van der Waals surface area (Å²) in [5.41, 5.74) is 5.73. The van der Waals surface area contributed by atoms with Crippen LogP contribution in [0.4, 0.5) is 0 Å². The number of nitrogens with one attached hydrogen (secondary N) is 1. The molecule has 0 radical (unpaired) electrons. The second-order valence-electron chi connectivity index (χ2n) is 2.72. The van der Waals surface area contributed by atoms with Crippen LogP contribution in [-0.4, -0.2) is 19.7 Å². The first-order valence-electron chi connectivity index (χ1n) is 3.83. The van der Waals surface area contributed by atoms with Crippen molar-refractivity contribution in [2.24, 2.45) is 12.8 Å². The molecule has 0 saturated carbocycles. The molecule has 2 rings (SSSR count). The largest absolute Gasteiger partial charge is 0.324 e. The van der Waals surface area contributed by atoms with Crippen molar-refractivity contribution >= 4 is 11.0 Å². The predicted molar refractivity (Wildman–Crippen MR) is 47.0 cm³/mol. The lowest BCUT2D eigenvalue weighted by Crippen LogP contribution is -2.14. The first-order valence-corrected chi connectivity index (χ1v) is 3.83. The van der Waals surface area contributed by atoms with Crippen LogP contribution in [0.3, 0.4) is 0 Å². The summed E-state index contributed by atoms with van der Waals surface area (Å²) in [5.74, 6) is 0.473. The molecule has 0 unspecified atom stereocenters. The summed E-state index contributed by atoms with van der Waals surface area (Å²) < 4.78 is 1.55. The molecule has 0 atom stereocenters. The maximum atomic E-state index is 11.4. The van der Waals surface area contributed by atoms with Crippen molar-refractivity contribution in [1.29, 1.82) is 0 Å². The van der Waals surface area contributed by atoms with E-state index in [2.05, 4.69) is 15.1 Å². The number of hydrogen-bond acceptors (Lipinski definition) is 4. The number of nitrogens with two attached hydrogens (primary N) is 1. The molecular weight excluding hydrogens is 170 g/mol. The van der Waals surface area contributed by atoms with Gasteiger partial charge >= 0.3 is 0 Å². The van der Waals surface area contributed by atoms with Crippen molar-refractivity contribution in [3.63, 3.8) is 0 Å². The van der Waals surface area contributed by atoms with Crippen molar-refractivity contribution in [3.8, 4) is 0 Å². The van der Waals surface area contributed by atoms with Gasteiger partial charge in [-0.05, 0) is 0 Å². The van der Waals surface area contributed by atoms with Gasteiger partial charge in [-0.15, -0.1) is 0 Å². The fourth-order valence-corrected chi connectivity index (χ4v) is 1.17. The van der Waals surface area contributed by atoms with Crippen LogP contribution in [0, 0.1) is 0 Å². The molecule has 2 aromatic heterocycles. The fourth-order valence-electron chi connectivity index (χ4n) is 1.17.